The molecule has 0 aliphatic rings. The second-order valence-electron chi connectivity index (χ2n) is 6.13. The Morgan fingerprint density at radius 2 is 1.68 bits per heavy atom. The van der Waals surface area contributed by atoms with E-state index in [0.717, 1.165) is 12.0 Å². The second kappa shape index (κ2) is 8.02. The van der Waals surface area contributed by atoms with Gasteiger partial charge in [0.2, 0.25) is 0 Å². The zero-order valence-electron chi connectivity index (χ0n) is 14.5. The molecule has 0 bridgehead atoms. The first-order valence-corrected chi connectivity index (χ1v) is 9.49. The van der Waals surface area contributed by atoms with Crippen LogP contribution in [0.2, 0.25) is 0 Å². The fourth-order valence-electron chi connectivity index (χ4n) is 2.34. The SMILES string of the molecule is CNC(=O)Nc1cccc(NS(=O)(=O)c2ccc(CC(C)C)cc2)c1. The molecule has 0 saturated carbocycles. The number of carbonyl (C=O) groups is 1. The molecule has 0 fully saturated rings. The Morgan fingerprint density at radius 3 is 2.28 bits per heavy atom. The van der Waals surface area contributed by atoms with Gasteiger partial charge in [0.15, 0.2) is 0 Å². The van der Waals surface area contributed by atoms with Crippen molar-refractivity contribution in [3.8, 4) is 0 Å². The van der Waals surface area contributed by atoms with E-state index in [9.17, 15) is 13.2 Å². The largest absolute Gasteiger partial charge is 0.341 e. The Balaban J connectivity index is 2.15. The normalized spacial score (nSPS) is 11.2. The zero-order valence-corrected chi connectivity index (χ0v) is 15.4. The summed E-state index contributed by atoms with van der Waals surface area (Å²) < 4.78 is 27.6. The Kier molecular flexibility index (Phi) is 6.03. The van der Waals surface area contributed by atoms with Crippen molar-refractivity contribution in [2.24, 2.45) is 5.92 Å². The predicted octanol–water partition coefficient (Wildman–Crippen LogP) is 3.44. The molecule has 0 aromatic heterocycles. The summed E-state index contributed by atoms with van der Waals surface area (Å²) in [5.41, 5.74) is 1.97. The van der Waals surface area contributed by atoms with Crippen LogP contribution in [0.25, 0.3) is 0 Å². The molecule has 2 aromatic carbocycles. The van der Waals surface area contributed by atoms with E-state index in [1.807, 2.05) is 12.1 Å². The molecule has 0 aliphatic carbocycles. The van der Waals surface area contributed by atoms with Crippen LogP contribution in [-0.2, 0) is 16.4 Å². The van der Waals surface area contributed by atoms with Crippen LogP contribution in [0.5, 0.6) is 0 Å². The summed E-state index contributed by atoms with van der Waals surface area (Å²) in [5, 5.41) is 5.04. The van der Waals surface area contributed by atoms with Gasteiger partial charge in [-0.2, -0.15) is 0 Å². The van der Waals surface area contributed by atoms with E-state index in [2.05, 4.69) is 29.2 Å². The Bertz CT molecular complexity index is 831. The van der Waals surface area contributed by atoms with Gasteiger partial charge in [0.1, 0.15) is 0 Å². The van der Waals surface area contributed by atoms with Gasteiger partial charge in [0, 0.05) is 12.7 Å². The Labute approximate surface area is 148 Å². The number of hydrogen-bond donors (Lipinski definition) is 3. The van der Waals surface area contributed by atoms with Gasteiger partial charge >= 0.3 is 6.03 Å². The first-order valence-electron chi connectivity index (χ1n) is 8.00. The molecule has 2 amide bonds. The van der Waals surface area contributed by atoms with Crippen molar-refractivity contribution in [3.05, 3.63) is 54.1 Å². The molecule has 3 N–H and O–H groups in total. The molecule has 6 nitrogen and oxygen atoms in total. The average molecular weight is 361 g/mol. The third-order valence-electron chi connectivity index (χ3n) is 3.48. The van der Waals surface area contributed by atoms with Gasteiger partial charge < -0.3 is 10.6 Å². The number of anilines is 2. The molecular weight excluding hydrogens is 338 g/mol. The summed E-state index contributed by atoms with van der Waals surface area (Å²) in [6.45, 7) is 4.23. The fourth-order valence-corrected chi connectivity index (χ4v) is 3.39. The van der Waals surface area contributed by atoms with Crippen LogP contribution in [0.4, 0.5) is 16.2 Å². The van der Waals surface area contributed by atoms with Crippen LogP contribution >= 0.6 is 0 Å². The van der Waals surface area contributed by atoms with Gasteiger partial charge in [-0.25, -0.2) is 13.2 Å². The molecule has 0 atom stereocenters. The van der Waals surface area contributed by atoms with E-state index in [0.29, 0.717) is 17.3 Å². The number of amides is 2. The minimum Gasteiger partial charge on any atom is -0.341 e. The first kappa shape index (κ1) is 18.8. The molecule has 2 rings (SSSR count). The highest BCUT2D eigenvalue weighted by atomic mass is 32.2. The second-order valence-corrected chi connectivity index (χ2v) is 7.81. The Hall–Kier alpha value is -2.54. The quantitative estimate of drug-likeness (QED) is 0.736. The molecule has 7 heteroatoms. The molecule has 2 aromatic rings. The van der Waals surface area contributed by atoms with Gasteiger partial charge in [-0.15, -0.1) is 0 Å². The molecule has 134 valence electrons. The number of urea groups is 1. The summed E-state index contributed by atoms with van der Waals surface area (Å²) in [6.07, 6.45) is 0.904. The lowest BCUT2D eigenvalue weighted by molar-refractivity contribution is 0.254. The highest BCUT2D eigenvalue weighted by Crippen LogP contribution is 2.20. The number of benzene rings is 2. The van der Waals surface area contributed by atoms with E-state index in [4.69, 9.17) is 0 Å². The van der Waals surface area contributed by atoms with Crippen LogP contribution in [-0.4, -0.2) is 21.5 Å². The van der Waals surface area contributed by atoms with E-state index in [1.165, 1.54) is 7.05 Å². The smallest absolute Gasteiger partial charge is 0.318 e. The van der Waals surface area contributed by atoms with E-state index < -0.39 is 10.0 Å². The minimum atomic E-state index is -3.69. The summed E-state index contributed by atoms with van der Waals surface area (Å²) in [4.78, 5) is 11.5. The van der Waals surface area contributed by atoms with Gasteiger partial charge in [-0.05, 0) is 48.2 Å². The van der Waals surface area contributed by atoms with Gasteiger partial charge in [0.25, 0.3) is 10.0 Å². The van der Waals surface area contributed by atoms with Gasteiger partial charge in [0.05, 0.1) is 10.6 Å². The highest BCUT2D eigenvalue weighted by molar-refractivity contribution is 7.92. The summed E-state index contributed by atoms with van der Waals surface area (Å²) in [6, 6.07) is 13.0. The summed E-state index contributed by atoms with van der Waals surface area (Å²) in [7, 11) is -2.18. The lowest BCUT2D eigenvalue weighted by Crippen LogP contribution is -2.24. The summed E-state index contributed by atoms with van der Waals surface area (Å²) in [5.74, 6) is 0.510. The van der Waals surface area contributed by atoms with Crippen molar-refractivity contribution in [2.45, 2.75) is 25.2 Å². The lowest BCUT2D eigenvalue weighted by atomic mass is 10.0. The topological polar surface area (TPSA) is 87.3 Å². The zero-order chi connectivity index (χ0) is 18.4. The highest BCUT2D eigenvalue weighted by Gasteiger charge is 2.14. The van der Waals surface area contributed by atoms with E-state index in [-0.39, 0.29) is 10.9 Å². The standard InChI is InChI=1S/C18H23N3O3S/c1-13(2)11-14-7-9-17(10-8-14)25(23,24)21-16-6-4-5-15(12-16)20-18(22)19-3/h4-10,12-13,21H,11H2,1-3H3,(H2,19,20,22). The van der Waals surface area contributed by atoms with Crippen LogP contribution in [0.1, 0.15) is 19.4 Å². The van der Waals surface area contributed by atoms with E-state index in [1.54, 1.807) is 36.4 Å². The summed E-state index contributed by atoms with van der Waals surface area (Å²) >= 11 is 0. The third kappa shape index (κ3) is 5.49. The number of sulfonamides is 1. The lowest BCUT2D eigenvalue weighted by Gasteiger charge is -2.11. The number of nitrogens with one attached hydrogen (secondary N) is 3. The van der Waals surface area contributed by atoms with Crippen LogP contribution in [0.15, 0.2) is 53.4 Å². The molecule has 25 heavy (non-hydrogen) atoms. The van der Waals surface area contributed by atoms with Gasteiger partial charge in [-0.1, -0.05) is 32.0 Å². The fraction of sp³-hybridized carbons (Fsp3) is 0.278. The minimum absolute atomic E-state index is 0.199. The van der Waals surface area contributed by atoms with E-state index >= 15 is 0 Å². The maximum absolute atomic E-state index is 12.5. The molecule has 0 saturated heterocycles. The van der Waals surface area contributed by atoms with Crippen molar-refractivity contribution in [1.29, 1.82) is 0 Å². The van der Waals surface area contributed by atoms with Crippen molar-refractivity contribution in [1.82, 2.24) is 5.32 Å². The predicted molar refractivity (Wildman–Crippen MR) is 100 cm³/mol. The van der Waals surface area contributed by atoms with Crippen molar-refractivity contribution in [3.63, 3.8) is 0 Å². The molecular formula is C18H23N3O3S. The van der Waals surface area contributed by atoms with Crippen LogP contribution in [0, 0.1) is 5.92 Å². The number of rotatable bonds is 6. The molecule has 0 spiro atoms. The number of hydrogen-bond acceptors (Lipinski definition) is 3. The molecule has 0 aliphatic heterocycles. The molecule has 0 radical (unpaired) electrons. The van der Waals surface area contributed by atoms with Crippen molar-refractivity contribution < 1.29 is 13.2 Å². The molecule has 0 heterocycles. The number of carbonyl (C=O) groups excluding carboxylic acids is 1. The van der Waals surface area contributed by atoms with Crippen molar-refractivity contribution in [2.75, 3.05) is 17.1 Å². The van der Waals surface area contributed by atoms with Crippen LogP contribution < -0.4 is 15.4 Å². The molecule has 0 unspecified atom stereocenters. The van der Waals surface area contributed by atoms with Crippen molar-refractivity contribution >= 4 is 27.4 Å². The maximum atomic E-state index is 12.5. The maximum Gasteiger partial charge on any atom is 0.318 e. The van der Waals surface area contributed by atoms with Crippen LogP contribution in [0.3, 0.4) is 0 Å². The monoisotopic (exact) mass is 361 g/mol. The average Bonchev–Trinajstić information content (AvgIpc) is 2.54. The Morgan fingerprint density at radius 1 is 1.04 bits per heavy atom. The first-order chi connectivity index (χ1) is 11.8. The van der Waals surface area contributed by atoms with Gasteiger partial charge in [-0.3, -0.25) is 4.72 Å². The third-order valence-corrected chi connectivity index (χ3v) is 4.87.